The zero-order chi connectivity index (χ0) is 14.7. The molecule has 5 heteroatoms. The van der Waals surface area contributed by atoms with Gasteiger partial charge in [0.15, 0.2) is 0 Å². The van der Waals surface area contributed by atoms with Gasteiger partial charge in [-0.15, -0.1) is 0 Å². The number of aryl methyl sites for hydroxylation is 1. The van der Waals surface area contributed by atoms with Crippen LogP contribution in [-0.4, -0.2) is 51.8 Å². The van der Waals surface area contributed by atoms with Gasteiger partial charge in [-0.1, -0.05) is 6.42 Å². The molecule has 1 saturated heterocycles. The van der Waals surface area contributed by atoms with E-state index in [0.717, 1.165) is 43.1 Å². The molecule has 2 N–H and O–H groups in total. The van der Waals surface area contributed by atoms with Gasteiger partial charge in [0.2, 0.25) is 0 Å². The standard InChI is InChI=1S/C16H29N5/c1-12(2)21-9-13-5-3-6-14(10-21)16(13)17-8-4-7-15-18-11-19-20-15/h11-14,16-17H,3-10H2,1-2H3,(H,18,19,20). The largest absolute Gasteiger partial charge is 0.313 e. The van der Waals surface area contributed by atoms with E-state index in [2.05, 4.69) is 39.2 Å². The molecule has 2 aliphatic rings. The predicted octanol–water partition coefficient (Wildman–Crippen LogP) is 1.84. The molecule has 1 aliphatic carbocycles. The van der Waals surface area contributed by atoms with Gasteiger partial charge in [-0.2, -0.15) is 5.10 Å². The lowest BCUT2D eigenvalue weighted by Crippen LogP contribution is -2.58. The van der Waals surface area contributed by atoms with E-state index in [1.165, 1.54) is 32.4 Å². The third kappa shape index (κ3) is 3.64. The van der Waals surface area contributed by atoms with Crippen LogP contribution in [0.3, 0.4) is 0 Å². The molecule has 21 heavy (non-hydrogen) atoms. The molecule has 2 unspecified atom stereocenters. The fraction of sp³-hybridized carbons (Fsp3) is 0.875. The molecule has 118 valence electrons. The number of nitrogens with one attached hydrogen (secondary N) is 2. The lowest BCUT2D eigenvalue weighted by Gasteiger charge is -2.49. The summed E-state index contributed by atoms with van der Waals surface area (Å²) >= 11 is 0. The van der Waals surface area contributed by atoms with E-state index in [1.54, 1.807) is 6.33 Å². The second kappa shape index (κ2) is 6.88. The first kappa shape index (κ1) is 15.0. The molecule has 0 radical (unpaired) electrons. The molecule has 2 fully saturated rings. The smallest absolute Gasteiger partial charge is 0.137 e. The third-order valence-corrected chi connectivity index (χ3v) is 5.27. The van der Waals surface area contributed by atoms with Gasteiger partial charge >= 0.3 is 0 Å². The van der Waals surface area contributed by atoms with Crippen molar-refractivity contribution in [3.63, 3.8) is 0 Å². The Morgan fingerprint density at radius 1 is 1.33 bits per heavy atom. The molecule has 1 saturated carbocycles. The maximum atomic E-state index is 4.19. The van der Waals surface area contributed by atoms with E-state index in [0.29, 0.717) is 6.04 Å². The third-order valence-electron chi connectivity index (χ3n) is 5.27. The number of H-pyrrole nitrogens is 1. The SMILES string of the molecule is CC(C)N1CC2CCCC(C1)C2NCCCc1ncn[nH]1. The second-order valence-corrected chi connectivity index (χ2v) is 7.01. The monoisotopic (exact) mass is 291 g/mol. The van der Waals surface area contributed by atoms with Crippen LogP contribution in [-0.2, 0) is 6.42 Å². The number of likely N-dealkylation sites (tertiary alicyclic amines) is 1. The zero-order valence-corrected chi connectivity index (χ0v) is 13.4. The van der Waals surface area contributed by atoms with Crippen LogP contribution < -0.4 is 5.32 Å². The Labute approximate surface area is 127 Å². The van der Waals surface area contributed by atoms with Gasteiger partial charge in [-0.25, -0.2) is 4.98 Å². The summed E-state index contributed by atoms with van der Waals surface area (Å²) in [5, 5.41) is 10.7. The average molecular weight is 291 g/mol. The van der Waals surface area contributed by atoms with Crippen LogP contribution in [0, 0.1) is 11.8 Å². The minimum atomic E-state index is 0.695. The number of hydrogen-bond acceptors (Lipinski definition) is 4. The van der Waals surface area contributed by atoms with Crippen LogP contribution in [0.25, 0.3) is 0 Å². The lowest BCUT2D eigenvalue weighted by atomic mass is 9.73. The van der Waals surface area contributed by atoms with E-state index in [4.69, 9.17) is 0 Å². The first-order chi connectivity index (χ1) is 10.2. The summed E-state index contributed by atoms with van der Waals surface area (Å²) in [7, 11) is 0. The molecule has 1 aromatic heterocycles. The summed E-state index contributed by atoms with van der Waals surface area (Å²) in [6.07, 6.45) is 7.96. The number of aromatic nitrogens is 3. The van der Waals surface area contributed by atoms with Crippen molar-refractivity contribution in [2.75, 3.05) is 19.6 Å². The Hall–Kier alpha value is -0.940. The van der Waals surface area contributed by atoms with Gasteiger partial charge in [-0.3, -0.25) is 5.10 Å². The summed E-state index contributed by atoms with van der Waals surface area (Å²) < 4.78 is 0. The van der Waals surface area contributed by atoms with Gasteiger partial charge in [0.05, 0.1) is 0 Å². The van der Waals surface area contributed by atoms with Gasteiger partial charge in [0.1, 0.15) is 12.2 Å². The Morgan fingerprint density at radius 2 is 2.10 bits per heavy atom. The highest BCUT2D eigenvalue weighted by atomic mass is 15.2. The number of hydrogen-bond donors (Lipinski definition) is 2. The minimum absolute atomic E-state index is 0.695. The summed E-state index contributed by atoms with van der Waals surface area (Å²) in [4.78, 5) is 6.87. The highest BCUT2D eigenvalue weighted by molar-refractivity contribution is 4.95. The average Bonchev–Trinajstić information content (AvgIpc) is 2.95. The Bertz CT molecular complexity index is 402. The van der Waals surface area contributed by atoms with Crippen molar-refractivity contribution in [3.05, 3.63) is 12.2 Å². The Balaban J connectivity index is 1.46. The maximum absolute atomic E-state index is 4.19. The normalized spacial score (nSPS) is 30.0. The second-order valence-electron chi connectivity index (χ2n) is 7.01. The number of nitrogens with zero attached hydrogens (tertiary/aromatic N) is 3. The minimum Gasteiger partial charge on any atom is -0.313 e. The number of rotatable bonds is 6. The van der Waals surface area contributed by atoms with Crippen LogP contribution in [0.15, 0.2) is 6.33 Å². The van der Waals surface area contributed by atoms with E-state index in [1.807, 2.05) is 0 Å². The van der Waals surface area contributed by atoms with Crippen LogP contribution in [0.4, 0.5) is 0 Å². The fourth-order valence-corrected chi connectivity index (χ4v) is 4.10. The van der Waals surface area contributed by atoms with Crippen molar-refractivity contribution < 1.29 is 0 Å². The summed E-state index contributed by atoms with van der Waals surface area (Å²) in [6.45, 7) is 8.34. The first-order valence-corrected chi connectivity index (χ1v) is 8.55. The van der Waals surface area contributed by atoms with E-state index in [9.17, 15) is 0 Å². The Morgan fingerprint density at radius 3 is 2.71 bits per heavy atom. The first-order valence-electron chi connectivity index (χ1n) is 8.55. The van der Waals surface area contributed by atoms with Crippen LogP contribution in [0.2, 0.25) is 0 Å². The van der Waals surface area contributed by atoms with Crippen LogP contribution >= 0.6 is 0 Å². The number of aromatic amines is 1. The van der Waals surface area contributed by atoms with Gasteiger partial charge in [0.25, 0.3) is 0 Å². The maximum Gasteiger partial charge on any atom is 0.137 e. The Kier molecular flexibility index (Phi) is 4.91. The van der Waals surface area contributed by atoms with Crippen molar-refractivity contribution in [1.82, 2.24) is 25.4 Å². The molecule has 0 amide bonds. The molecular weight excluding hydrogens is 262 g/mol. The van der Waals surface area contributed by atoms with E-state index < -0.39 is 0 Å². The molecule has 2 bridgehead atoms. The van der Waals surface area contributed by atoms with Crippen molar-refractivity contribution >= 4 is 0 Å². The topological polar surface area (TPSA) is 56.8 Å². The number of fused-ring (bicyclic) bond motifs is 2. The lowest BCUT2D eigenvalue weighted by molar-refractivity contribution is 0.0297. The van der Waals surface area contributed by atoms with Crippen molar-refractivity contribution in [1.29, 1.82) is 0 Å². The molecule has 3 rings (SSSR count). The highest BCUT2D eigenvalue weighted by Crippen LogP contribution is 2.35. The molecule has 2 heterocycles. The van der Waals surface area contributed by atoms with Crippen LogP contribution in [0.5, 0.6) is 0 Å². The van der Waals surface area contributed by atoms with Gasteiger partial charge < -0.3 is 10.2 Å². The zero-order valence-electron chi connectivity index (χ0n) is 13.4. The summed E-state index contributed by atoms with van der Waals surface area (Å²) in [5.74, 6) is 2.71. The quantitative estimate of drug-likeness (QED) is 0.785. The van der Waals surface area contributed by atoms with Crippen molar-refractivity contribution in [2.45, 2.75) is 58.0 Å². The van der Waals surface area contributed by atoms with E-state index in [-0.39, 0.29) is 0 Å². The molecule has 0 spiro atoms. The molecule has 0 aromatic carbocycles. The summed E-state index contributed by atoms with van der Waals surface area (Å²) in [6, 6.07) is 1.43. The highest BCUT2D eigenvalue weighted by Gasteiger charge is 2.39. The number of piperidine rings is 1. The van der Waals surface area contributed by atoms with Gasteiger partial charge in [0, 0.05) is 31.6 Å². The molecule has 2 atom stereocenters. The molecule has 1 aliphatic heterocycles. The molecule has 5 nitrogen and oxygen atoms in total. The fourth-order valence-electron chi connectivity index (χ4n) is 4.10. The van der Waals surface area contributed by atoms with Crippen molar-refractivity contribution in [2.24, 2.45) is 11.8 Å². The predicted molar refractivity (Wildman–Crippen MR) is 84.0 cm³/mol. The molecule has 1 aromatic rings. The van der Waals surface area contributed by atoms with Gasteiger partial charge in [-0.05, 0) is 51.5 Å². The van der Waals surface area contributed by atoms with Crippen LogP contribution in [0.1, 0.15) is 45.4 Å². The summed E-state index contributed by atoms with van der Waals surface area (Å²) in [5.41, 5.74) is 0. The molecular formula is C16H29N5. The van der Waals surface area contributed by atoms with E-state index >= 15 is 0 Å². The van der Waals surface area contributed by atoms with Crippen molar-refractivity contribution in [3.8, 4) is 0 Å².